The lowest BCUT2D eigenvalue weighted by molar-refractivity contribution is -0.134. The zero-order chi connectivity index (χ0) is 34.3. The smallest absolute Gasteiger partial charge is 0.243 e. The van der Waals surface area contributed by atoms with Crippen molar-refractivity contribution in [1.82, 2.24) is 21.3 Å². The quantitative estimate of drug-likeness (QED) is 0.193. The lowest BCUT2D eigenvalue weighted by atomic mass is 9.99. The molecule has 2 aromatic rings. The largest absolute Gasteiger partial charge is 0.348 e. The van der Waals surface area contributed by atoms with E-state index in [4.69, 9.17) is 0 Å². The first-order valence-electron chi connectivity index (χ1n) is 15.8. The lowest BCUT2D eigenvalue weighted by Crippen LogP contribution is -2.58. The van der Waals surface area contributed by atoms with E-state index in [0.717, 1.165) is 22.8 Å². The van der Waals surface area contributed by atoms with E-state index in [-0.39, 0.29) is 24.2 Å². The number of carbonyl (C=O) groups is 4. The first kappa shape index (κ1) is 38.2. The standard InChI is InChI=1S/C35H50N4O6S/c1-24(2)21-29(19-20-46(6,44)45)37-34(42)32(23-28-15-11-8-12-16-28)39-35(43)31(22-25(3)4)38-33(41)30(36-26(5)40)18-17-27-13-9-7-10-14-27/h7-16,19-20,24-25,29-32H,17-18,21-23H2,1-6H3,(H,36,40)(H,37,42)(H,38,41)(H,39,43)/b20-19+/t29-,30+,31+,32-/m1/s1. The number of hydrogen-bond donors (Lipinski definition) is 4. The molecular formula is C35H50N4O6S. The highest BCUT2D eigenvalue weighted by molar-refractivity contribution is 7.93. The maximum absolute atomic E-state index is 13.8. The number of amides is 4. The third kappa shape index (κ3) is 15.3. The normalized spacial score (nSPS) is 14.3. The fourth-order valence-corrected chi connectivity index (χ4v) is 5.47. The highest BCUT2D eigenvalue weighted by Crippen LogP contribution is 2.12. The Kier molecular flexibility index (Phi) is 15.7. The Balaban J connectivity index is 2.29. The molecule has 4 N–H and O–H groups in total. The predicted octanol–water partition coefficient (Wildman–Crippen LogP) is 3.47. The summed E-state index contributed by atoms with van der Waals surface area (Å²) in [4.78, 5) is 52.9. The molecule has 4 atom stereocenters. The molecule has 0 aliphatic rings. The highest BCUT2D eigenvalue weighted by Gasteiger charge is 2.30. The molecule has 0 spiro atoms. The van der Waals surface area contributed by atoms with E-state index in [1.165, 1.54) is 13.0 Å². The molecule has 0 saturated heterocycles. The second-order valence-corrected chi connectivity index (χ2v) is 14.6. The van der Waals surface area contributed by atoms with Crippen LogP contribution in [0, 0.1) is 11.8 Å². The Labute approximate surface area is 274 Å². The third-order valence-corrected chi connectivity index (χ3v) is 7.78. The summed E-state index contributed by atoms with van der Waals surface area (Å²) in [6.45, 7) is 9.11. The molecule has 0 aliphatic heterocycles. The molecule has 0 fully saturated rings. The minimum absolute atomic E-state index is 0.0255. The summed E-state index contributed by atoms with van der Waals surface area (Å²) in [5.41, 5.74) is 1.82. The van der Waals surface area contributed by atoms with Crippen LogP contribution in [0.25, 0.3) is 0 Å². The summed E-state index contributed by atoms with van der Waals surface area (Å²) >= 11 is 0. The van der Waals surface area contributed by atoms with Crippen molar-refractivity contribution in [3.63, 3.8) is 0 Å². The van der Waals surface area contributed by atoms with Gasteiger partial charge in [0.15, 0.2) is 9.84 Å². The zero-order valence-corrected chi connectivity index (χ0v) is 28.6. The van der Waals surface area contributed by atoms with Crippen molar-refractivity contribution in [3.8, 4) is 0 Å². The van der Waals surface area contributed by atoms with Gasteiger partial charge in [-0.2, -0.15) is 0 Å². The van der Waals surface area contributed by atoms with Gasteiger partial charge >= 0.3 is 0 Å². The molecule has 10 nitrogen and oxygen atoms in total. The van der Waals surface area contributed by atoms with Gasteiger partial charge in [0.1, 0.15) is 18.1 Å². The van der Waals surface area contributed by atoms with Gasteiger partial charge in [-0.3, -0.25) is 19.2 Å². The second kappa shape index (κ2) is 18.9. The van der Waals surface area contributed by atoms with Gasteiger partial charge in [0.05, 0.1) is 0 Å². The molecule has 4 amide bonds. The average molecular weight is 655 g/mol. The predicted molar refractivity (Wildman–Crippen MR) is 181 cm³/mol. The van der Waals surface area contributed by atoms with E-state index < -0.39 is 51.7 Å². The van der Waals surface area contributed by atoms with Gasteiger partial charge in [0.25, 0.3) is 0 Å². The Bertz CT molecular complexity index is 1410. The topological polar surface area (TPSA) is 151 Å². The van der Waals surface area contributed by atoms with E-state index in [9.17, 15) is 27.6 Å². The van der Waals surface area contributed by atoms with Crippen molar-refractivity contribution < 1.29 is 27.6 Å². The van der Waals surface area contributed by atoms with Crippen LogP contribution in [0.4, 0.5) is 0 Å². The van der Waals surface area contributed by atoms with Crippen LogP contribution in [0.5, 0.6) is 0 Å². The Morgan fingerprint density at radius 1 is 0.674 bits per heavy atom. The summed E-state index contributed by atoms with van der Waals surface area (Å²) in [6.07, 6.45) is 4.38. The number of carbonyl (C=O) groups excluding carboxylic acids is 4. The van der Waals surface area contributed by atoms with E-state index in [1.54, 1.807) is 0 Å². The molecule has 252 valence electrons. The van der Waals surface area contributed by atoms with Crippen LogP contribution in [0.2, 0.25) is 0 Å². The Morgan fingerprint density at radius 3 is 1.70 bits per heavy atom. The molecule has 0 aromatic heterocycles. The highest BCUT2D eigenvalue weighted by atomic mass is 32.2. The molecule has 0 bridgehead atoms. The van der Waals surface area contributed by atoms with Crippen LogP contribution in [-0.2, 0) is 41.9 Å². The molecule has 46 heavy (non-hydrogen) atoms. The van der Waals surface area contributed by atoms with Crippen molar-refractivity contribution in [1.29, 1.82) is 0 Å². The summed E-state index contributed by atoms with van der Waals surface area (Å²) < 4.78 is 23.6. The third-order valence-electron chi connectivity index (χ3n) is 7.13. The molecule has 0 heterocycles. The molecule has 0 saturated carbocycles. The minimum Gasteiger partial charge on any atom is -0.348 e. The second-order valence-electron chi connectivity index (χ2n) is 12.6. The van der Waals surface area contributed by atoms with Crippen LogP contribution >= 0.6 is 0 Å². The maximum atomic E-state index is 13.8. The fraction of sp³-hybridized carbons (Fsp3) is 0.486. The number of sulfone groups is 1. The summed E-state index contributed by atoms with van der Waals surface area (Å²) in [5.74, 6) is -1.68. The van der Waals surface area contributed by atoms with Gasteiger partial charge in [-0.15, -0.1) is 0 Å². The monoisotopic (exact) mass is 654 g/mol. The average Bonchev–Trinajstić information content (AvgIpc) is 2.97. The van der Waals surface area contributed by atoms with E-state index >= 15 is 0 Å². The molecule has 2 rings (SSSR count). The number of rotatable bonds is 18. The minimum atomic E-state index is -3.42. The Morgan fingerprint density at radius 2 is 1.17 bits per heavy atom. The number of aryl methyl sites for hydroxylation is 1. The van der Waals surface area contributed by atoms with Crippen LogP contribution in [0.15, 0.2) is 72.1 Å². The van der Waals surface area contributed by atoms with Gasteiger partial charge in [-0.1, -0.05) is 94.4 Å². The SMILES string of the molecule is CC(=O)N[C@@H](CCc1ccccc1)C(=O)N[C@@H](CC(C)C)C(=O)N[C@H](Cc1ccccc1)C(=O)N[C@H](/C=C/S(C)(=O)=O)CC(C)C. The van der Waals surface area contributed by atoms with Gasteiger partial charge < -0.3 is 21.3 Å². The van der Waals surface area contributed by atoms with Gasteiger partial charge in [0.2, 0.25) is 23.6 Å². The van der Waals surface area contributed by atoms with Crippen molar-refractivity contribution in [2.75, 3.05) is 6.26 Å². The number of hydrogen-bond acceptors (Lipinski definition) is 6. The van der Waals surface area contributed by atoms with Crippen molar-refractivity contribution >= 4 is 33.5 Å². The molecule has 0 unspecified atom stereocenters. The summed E-state index contributed by atoms with van der Waals surface area (Å²) in [7, 11) is -3.42. The summed E-state index contributed by atoms with van der Waals surface area (Å²) in [5, 5.41) is 12.4. The van der Waals surface area contributed by atoms with E-state index in [2.05, 4.69) is 21.3 Å². The van der Waals surface area contributed by atoms with Crippen molar-refractivity contribution in [2.24, 2.45) is 11.8 Å². The summed E-state index contributed by atoms with van der Waals surface area (Å²) in [6, 6.07) is 15.4. The number of benzene rings is 2. The van der Waals surface area contributed by atoms with Crippen molar-refractivity contribution in [2.45, 2.75) is 90.9 Å². The van der Waals surface area contributed by atoms with Gasteiger partial charge in [-0.25, -0.2) is 8.42 Å². The molecule has 0 radical (unpaired) electrons. The fourth-order valence-electron chi connectivity index (χ4n) is 4.99. The van der Waals surface area contributed by atoms with Crippen LogP contribution in [0.3, 0.4) is 0 Å². The lowest BCUT2D eigenvalue weighted by Gasteiger charge is -2.27. The van der Waals surface area contributed by atoms with Crippen LogP contribution in [0.1, 0.15) is 65.0 Å². The maximum Gasteiger partial charge on any atom is 0.243 e. The molecule has 2 aromatic carbocycles. The van der Waals surface area contributed by atoms with Crippen LogP contribution < -0.4 is 21.3 Å². The number of nitrogens with one attached hydrogen (secondary N) is 4. The Hall–Kier alpha value is -3.99. The zero-order valence-electron chi connectivity index (χ0n) is 27.8. The van der Waals surface area contributed by atoms with Gasteiger partial charge in [-0.05, 0) is 48.6 Å². The van der Waals surface area contributed by atoms with Crippen molar-refractivity contribution in [3.05, 3.63) is 83.3 Å². The van der Waals surface area contributed by atoms with E-state index in [0.29, 0.717) is 25.7 Å². The molecule has 11 heteroatoms. The first-order valence-corrected chi connectivity index (χ1v) is 17.7. The first-order chi connectivity index (χ1) is 21.6. The van der Waals surface area contributed by atoms with Gasteiger partial charge in [0, 0.05) is 31.1 Å². The molecular weight excluding hydrogens is 604 g/mol. The van der Waals surface area contributed by atoms with E-state index in [1.807, 2.05) is 88.4 Å². The van der Waals surface area contributed by atoms with Crippen LogP contribution in [-0.4, -0.2) is 62.5 Å². The molecule has 0 aliphatic carbocycles.